The minimum absolute atomic E-state index is 0.560. The predicted molar refractivity (Wildman–Crippen MR) is 258 cm³/mol. The maximum atomic E-state index is 6.60. The number of rotatable bonds is 6. The van der Waals surface area contributed by atoms with Gasteiger partial charge in [-0.25, -0.2) is 4.98 Å². The molecule has 0 fully saturated rings. The highest BCUT2D eigenvalue weighted by Crippen LogP contribution is 2.43. The third-order valence-corrected chi connectivity index (χ3v) is 12.4. The Morgan fingerprint density at radius 2 is 0.794 bits per heavy atom. The van der Waals surface area contributed by atoms with E-state index in [0.29, 0.717) is 17.6 Å². The Morgan fingerprint density at radius 3 is 1.44 bits per heavy atom. The molecule has 13 aromatic rings. The van der Waals surface area contributed by atoms with E-state index in [0.717, 1.165) is 105 Å². The largest absolute Gasteiger partial charge is 0.455 e. The fourth-order valence-corrected chi connectivity index (χ4v) is 9.45. The Balaban J connectivity index is 1.07. The van der Waals surface area contributed by atoms with Crippen LogP contribution in [-0.4, -0.2) is 24.1 Å². The van der Waals surface area contributed by atoms with E-state index in [2.05, 4.69) is 191 Å². The van der Waals surface area contributed by atoms with Gasteiger partial charge in [-0.1, -0.05) is 170 Å². The van der Waals surface area contributed by atoms with E-state index >= 15 is 0 Å². The smallest absolute Gasteiger partial charge is 0.238 e. The molecule has 0 radical (unpaired) electrons. The predicted octanol–water partition coefficient (Wildman–Crippen LogP) is 14.6. The molecule has 0 aliphatic heterocycles. The van der Waals surface area contributed by atoms with Crippen molar-refractivity contribution in [3.63, 3.8) is 0 Å². The summed E-state index contributed by atoms with van der Waals surface area (Å²) in [5, 5.41) is 6.69. The molecular formula is C57H35N5O. The van der Waals surface area contributed by atoms with Gasteiger partial charge in [-0.15, -0.1) is 0 Å². The number of nitrogens with zero attached hydrogens (tertiary/aromatic N) is 5. The first kappa shape index (κ1) is 35.2. The van der Waals surface area contributed by atoms with Crippen molar-refractivity contribution in [2.75, 3.05) is 0 Å². The van der Waals surface area contributed by atoms with E-state index in [4.69, 9.17) is 19.4 Å². The van der Waals surface area contributed by atoms with E-state index in [-0.39, 0.29) is 0 Å². The first-order valence-electron chi connectivity index (χ1n) is 21.2. The molecule has 13 rings (SSSR count). The number of furan rings is 1. The fourth-order valence-electron chi connectivity index (χ4n) is 9.45. The highest BCUT2D eigenvalue weighted by molar-refractivity contribution is 6.19. The van der Waals surface area contributed by atoms with Crippen molar-refractivity contribution in [1.29, 1.82) is 0 Å². The topological polar surface area (TPSA) is 61.7 Å². The number of benzene rings is 9. The van der Waals surface area contributed by atoms with Crippen LogP contribution in [0.25, 0.3) is 122 Å². The van der Waals surface area contributed by atoms with Crippen LogP contribution >= 0.6 is 0 Å². The maximum absolute atomic E-state index is 6.60. The molecule has 0 unspecified atom stereocenters. The number of aromatic nitrogens is 5. The van der Waals surface area contributed by atoms with Gasteiger partial charge in [-0.05, 0) is 59.2 Å². The van der Waals surface area contributed by atoms with E-state index in [9.17, 15) is 0 Å². The first-order valence-corrected chi connectivity index (χ1v) is 21.2. The van der Waals surface area contributed by atoms with Gasteiger partial charge in [0.2, 0.25) is 5.95 Å². The summed E-state index contributed by atoms with van der Waals surface area (Å²) in [6, 6.07) is 74.5. The highest BCUT2D eigenvalue weighted by atomic mass is 16.3. The van der Waals surface area contributed by atoms with Crippen molar-refractivity contribution in [1.82, 2.24) is 24.1 Å². The average Bonchev–Trinajstić information content (AvgIpc) is 4.01. The number of fused-ring (bicyclic) bond motifs is 9. The molecule has 6 heteroatoms. The van der Waals surface area contributed by atoms with Gasteiger partial charge in [0.1, 0.15) is 11.2 Å². The third-order valence-electron chi connectivity index (χ3n) is 12.4. The molecule has 0 saturated heterocycles. The normalized spacial score (nSPS) is 11.8. The summed E-state index contributed by atoms with van der Waals surface area (Å²) >= 11 is 0. The summed E-state index contributed by atoms with van der Waals surface area (Å²) < 4.78 is 11.2. The molecule has 0 aliphatic carbocycles. The zero-order chi connectivity index (χ0) is 41.4. The van der Waals surface area contributed by atoms with Crippen LogP contribution < -0.4 is 0 Å². The molecule has 0 amide bonds. The van der Waals surface area contributed by atoms with Gasteiger partial charge in [0.05, 0.1) is 22.1 Å². The zero-order valence-corrected chi connectivity index (χ0v) is 33.9. The van der Waals surface area contributed by atoms with Crippen LogP contribution in [0.4, 0.5) is 0 Å². The van der Waals surface area contributed by atoms with Crippen molar-refractivity contribution in [2.45, 2.75) is 0 Å². The molecule has 9 aromatic carbocycles. The van der Waals surface area contributed by atoms with Crippen molar-refractivity contribution < 1.29 is 4.42 Å². The van der Waals surface area contributed by atoms with Crippen LogP contribution in [-0.2, 0) is 0 Å². The van der Waals surface area contributed by atoms with Crippen LogP contribution in [0.3, 0.4) is 0 Å². The average molecular weight is 806 g/mol. The number of hydrogen-bond acceptors (Lipinski definition) is 4. The molecule has 0 N–H and O–H groups in total. The van der Waals surface area contributed by atoms with Crippen molar-refractivity contribution in [3.8, 4) is 56.7 Å². The minimum atomic E-state index is 0.560. The lowest BCUT2D eigenvalue weighted by molar-refractivity contribution is 0.670. The Labute approximate surface area is 361 Å². The highest BCUT2D eigenvalue weighted by Gasteiger charge is 2.23. The Kier molecular flexibility index (Phi) is 7.80. The Hall–Kier alpha value is -8.61. The van der Waals surface area contributed by atoms with Crippen molar-refractivity contribution in [2.24, 2.45) is 0 Å². The number of hydrogen-bond donors (Lipinski definition) is 0. The molecule has 0 bridgehead atoms. The molecule has 0 atom stereocenters. The van der Waals surface area contributed by atoms with Gasteiger partial charge in [0, 0.05) is 54.7 Å². The zero-order valence-electron chi connectivity index (χ0n) is 33.9. The lowest BCUT2D eigenvalue weighted by Crippen LogP contribution is -2.06. The molecule has 4 aromatic heterocycles. The summed E-state index contributed by atoms with van der Waals surface area (Å²) in [6.45, 7) is 0. The van der Waals surface area contributed by atoms with Gasteiger partial charge >= 0.3 is 0 Å². The van der Waals surface area contributed by atoms with Crippen molar-refractivity contribution in [3.05, 3.63) is 212 Å². The number of para-hydroxylation sites is 3. The lowest BCUT2D eigenvalue weighted by Gasteiger charge is -2.12. The molecule has 0 spiro atoms. The van der Waals surface area contributed by atoms with Gasteiger partial charge in [0.15, 0.2) is 11.6 Å². The maximum Gasteiger partial charge on any atom is 0.238 e. The van der Waals surface area contributed by atoms with Gasteiger partial charge < -0.3 is 8.98 Å². The molecule has 294 valence electrons. The molecular weight excluding hydrogens is 771 g/mol. The monoisotopic (exact) mass is 805 g/mol. The Bertz CT molecular complexity index is 3890. The Morgan fingerprint density at radius 1 is 0.317 bits per heavy atom. The molecule has 0 aliphatic rings. The second-order valence-corrected chi connectivity index (χ2v) is 16.0. The van der Waals surface area contributed by atoms with E-state index in [1.807, 2.05) is 30.3 Å². The summed E-state index contributed by atoms with van der Waals surface area (Å²) in [5.74, 6) is 1.78. The quantitative estimate of drug-likeness (QED) is 0.168. The van der Waals surface area contributed by atoms with Crippen LogP contribution in [0.15, 0.2) is 217 Å². The van der Waals surface area contributed by atoms with Gasteiger partial charge in [-0.2, -0.15) is 9.97 Å². The molecule has 63 heavy (non-hydrogen) atoms. The molecule has 0 saturated carbocycles. The molecule has 6 nitrogen and oxygen atoms in total. The minimum Gasteiger partial charge on any atom is -0.455 e. The van der Waals surface area contributed by atoms with Gasteiger partial charge in [0.25, 0.3) is 0 Å². The SMILES string of the molecule is c1ccc(-c2ccc(-c3nc(-c4ccccc4)nc(-n4c5ccccc5c5cc6c(cc54)c4ccccc4n6-c4cc(-c5ccccc5)c5oc6ccccc6c5c4)n3)cc2)cc1. The summed E-state index contributed by atoms with van der Waals surface area (Å²) in [7, 11) is 0. The lowest BCUT2D eigenvalue weighted by atomic mass is 10.0. The second-order valence-electron chi connectivity index (χ2n) is 16.0. The summed E-state index contributed by atoms with van der Waals surface area (Å²) in [4.78, 5) is 15.6. The van der Waals surface area contributed by atoms with Crippen molar-refractivity contribution >= 4 is 65.6 Å². The second kappa shape index (κ2) is 14.0. The molecule has 4 heterocycles. The van der Waals surface area contributed by atoms with E-state index in [1.54, 1.807) is 0 Å². The van der Waals surface area contributed by atoms with Gasteiger partial charge in [-0.3, -0.25) is 4.57 Å². The first-order chi connectivity index (χ1) is 31.2. The fraction of sp³-hybridized carbons (Fsp3) is 0. The van der Waals surface area contributed by atoms with Crippen LogP contribution in [0, 0.1) is 0 Å². The third kappa shape index (κ3) is 5.62. The summed E-state index contributed by atoms with van der Waals surface area (Å²) in [5.41, 5.74) is 13.4. The van der Waals surface area contributed by atoms with Crippen LogP contribution in [0.5, 0.6) is 0 Å². The van der Waals surface area contributed by atoms with E-state index < -0.39 is 0 Å². The van der Waals surface area contributed by atoms with E-state index in [1.165, 1.54) is 0 Å². The summed E-state index contributed by atoms with van der Waals surface area (Å²) in [6.07, 6.45) is 0. The van der Waals surface area contributed by atoms with Crippen LogP contribution in [0.1, 0.15) is 0 Å². The van der Waals surface area contributed by atoms with Crippen LogP contribution in [0.2, 0.25) is 0 Å². The standard InChI is InChI=1S/C57H35N5O/c1-4-16-36(17-5-1)37-28-30-40(31-29-37)56-58-55(39-20-8-3-9-21-39)59-57(60-56)62-50-26-14-11-23-43(50)47-34-51-46(35-52(47)62)42-22-10-13-25-49(42)61(51)41-32-45(38-18-6-2-7-19-38)54-48(33-41)44-24-12-15-27-53(44)63-54/h1-35H.